The number of hydrogen-bond donors (Lipinski definition) is 2. The first-order valence-electron chi connectivity index (χ1n) is 14.4. The lowest BCUT2D eigenvalue weighted by Gasteiger charge is -2.29. The largest absolute Gasteiger partial charge is 0.476 e. The molecule has 0 heterocycles. The number of benzene rings is 2. The van der Waals surface area contributed by atoms with Crippen LogP contribution in [-0.4, -0.2) is 73.1 Å². The number of nitrogens with one attached hydrogen (secondary N) is 2. The van der Waals surface area contributed by atoms with Gasteiger partial charge in [-0.25, -0.2) is 14.4 Å². The lowest BCUT2D eigenvalue weighted by atomic mass is 10.1. The summed E-state index contributed by atoms with van der Waals surface area (Å²) in [6.45, 7) is 12.6. The van der Waals surface area contributed by atoms with Gasteiger partial charge >= 0.3 is 18.2 Å². The van der Waals surface area contributed by atoms with Gasteiger partial charge in [-0.15, -0.1) is 0 Å². The molecule has 0 bridgehead atoms. The second-order valence-electron chi connectivity index (χ2n) is 12.0. The van der Waals surface area contributed by atoms with Gasteiger partial charge in [0.1, 0.15) is 11.4 Å². The normalized spacial score (nSPS) is 12.1. The zero-order valence-electron chi connectivity index (χ0n) is 26.7. The lowest BCUT2D eigenvalue weighted by Crippen LogP contribution is -2.45. The minimum absolute atomic E-state index is 0.143. The Hall–Kier alpha value is -3.99. The van der Waals surface area contributed by atoms with Gasteiger partial charge in [0.25, 0.3) is 12.2 Å². The molecule has 12 heteroatoms. The Morgan fingerprint density at radius 2 is 1.48 bits per heavy atom. The van der Waals surface area contributed by atoms with E-state index in [0.29, 0.717) is 29.3 Å². The maximum absolute atomic E-state index is 13.0. The number of ether oxygens (including phenoxy) is 4. The van der Waals surface area contributed by atoms with Gasteiger partial charge in [0, 0.05) is 43.2 Å². The van der Waals surface area contributed by atoms with Gasteiger partial charge in [-0.05, 0) is 83.0 Å². The highest BCUT2D eigenvalue weighted by atomic mass is 35.5. The van der Waals surface area contributed by atoms with Crippen molar-refractivity contribution in [1.82, 2.24) is 15.5 Å². The molecular weight excluding hydrogens is 590 g/mol. The first kappa shape index (κ1) is 36.2. The molecule has 0 saturated carbocycles. The van der Waals surface area contributed by atoms with Gasteiger partial charge in [0.05, 0.1) is 0 Å². The van der Waals surface area contributed by atoms with Crippen LogP contribution in [0.1, 0.15) is 64.4 Å². The molecule has 0 saturated heterocycles. The zero-order valence-corrected chi connectivity index (χ0v) is 27.4. The van der Waals surface area contributed by atoms with E-state index < -0.39 is 35.6 Å². The Morgan fingerprint density at radius 3 is 2.05 bits per heavy atom. The summed E-state index contributed by atoms with van der Waals surface area (Å²) in [5, 5.41) is 6.00. The molecule has 0 radical (unpaired) electrons. The number of carbonyl (C=O) groups is 4. The molecule has 0 spiro atoms. The van der Waals surface area contributed by atoms with Crippen molar-refractivity contribution >= 4 is 35.7 Å². The minimum Gasteiger partial charge on any atom is -0.476 e. The number of halogens is 1. The maximum Gasteiger partial charge on any atom is 0.412 e. The Bertz CT molecular complexity index is 1260. The molecule has 0 aromatic heterocycles. The molecule has 2 aromatic rings. The summed E-state index contributed by atoms with van der Waals surface area (Å²) in [5.41, 5.74) is -0.534. The van der Waals surface area contributed by atoms with Crippen LogP contribution >= 0.6 is 11.6 Å². The van der Waals surface area contributed by atoms with Crippen LogP contribution in [0, 0.1) is 5.92 Å². The van der Waals surface area contributed by atoms with E-state index >= 15 is 0 Å². The van der Waals surface area contributed by atoms with Crippen molar-refractivity contribution in [2.75, 3.05) is 26.7 Å². The molecule has 0 aliphatic heterocycles. The van der Waals surface area contributed by atoms with Crippen LogP contribution < -0.4 is 15.4 Å². The Morgan fingerprint density at radius 1 is 0.864 bits per heavy atom. The molecule has 1 atom stereocenters. The minimum atomic E-state index is -1.39. The van der Waals surface area contributed by atoms with Crippen molar-refractivity contribution in [1.29, 1.82) is 0 Å². The summed E-state index contributed by atoms with van der Waals surface area (Å²) in [7, 11) is 1.50. The molecule has 1 unspecified atom stereocenters. The highest BCUT2D eigenvalue weighted by Crippen LogP contribution is 2.22. The summed E-state index contributed by atoms with van der Waals surface area (Å²) in [4.78, 5) is 51.0. The summed E-state index contributed by atoms with van der Waals surface area (Å²) in [5.74, 6) is -0.802. The van der Waals surface area contributed by atoms with Crippen molar-refractivity contribution < 1.29 is 38.1 Å². The highest BCUT2D eigenvalue weighted by Gasteiger charge is 2.36. The van der Waals surface area contributed by atoms with Crippen LogP contribution in [0.4, 0.5) is 9.59 Å². The van der Waals surface area contributed by atoms with Crippen LogP contribution in [-0.2, 0) is 25.4 Å². The summed E-state index contributed by atoms with van der Waals surface area (Å²) < 4.78 is 22.1. The smallest absolute Gasteiger partial charge is 0.412 e. The Balaban J connectivity index is 1.84. The molecule has 2 aromatic carbocycles. The van der Waals surface area contributed by atoms with E-state index in [9.17, 15) is 19.2 Å². The lowest BCUT2D eigenvalue weighted by molar-refractivity contribution is -0.191. The van der Waals surface area contributed by atoms with Crippen molar-refractivity contribution in [2.45, 2.75) is 72.4 Å². The predicted octanol–water partition coefficient (Wildman–Crippen LogP) is 5.59. The van der Waals surface area contributed by atoms with Gasteiger partial charge in [-0.1, -0.05) is 37.6 Å². The molecule has 2 rings (SSSR count). The highest BCUT2D eigenvalue weighted by molar-refractivity contribution is 6.30. The van der Waals surface area contributed by atoms with Crippen LogP contribution in [0.25, 0.3) is 0 Å². The number of amides is 3. The summed E-state index contributed by atoms with van der Waals surface area (Å²) >= 11 is 5.87. The third-order valence-electron chi connectivity index (χ3n) is 6.01. The number of esters is 1. The fourth-order valence-corrected chi connectivity index (χ4v) is 3.67. The summed E-state index contributed by atoms with van der Waals surface area (Å²) in [6.07, 6.45) is -1.88. The monoisotopic (exact) mass is 633 g/mol. The van der Waals surface area contributed by atoms with Gasteiger partial charge in [0.15, 0.2) is 5.60 Å². The molecule has 3 amide bonds. The van der Waals surface area contributed by atoms with Gasteiger partial charge in [0.2, 0.25) is 0 Å². The molecule has 0 aliphatic carbocycles. The SMILES string of the molecule is CC(C)C(OC(=O)N(C)CCNC(=O)OC(C)(C)C)OC(=O)C(C)(C)Oc1ccc(CCNC(=O)c2ccc(Cl)cc2)cc1. The number of nitrogens with zero attached hydrogens (tertiary/aromatic N) is 1. The molecule has 0 fully saturated rings. The second-order valence-corrected chi connectivity index (χ2v) is 12.5. The van der Waals surface area contributed by atoms with Crippen molar-refractivity contribution in [3.63, 3.8) is 0 Å². The van der Waals surface area contributed by atoms with Crippen molar-refractivity contribution in [2.24, 2.45) is 5.92 Å². The number of alkyl carbamates (subject to hydrolysis) is 1. The number of carbonyl (C=O) groups excluding carboxylic acids is 4. The third-order valence-corrected chi connectivity index (χ3v) is 6.26. The van der Waals surface area contributed by atoms with Gasteiger partial charge in [-0.3, -0.25) is 4.79 Å². The first-order valence-corrected chi connectivity index (χ1v) is 14.8. The average molecular weight is 634 g/mol. The van der Waals surface area contributed by atoms with Crippen LogP contribution in [0.2, 0.25) is 5.02 Å². The van der Waals surface area contributed by atoms with E-state index in [1.807, 2.05) is 12.1 Å². The van der Waals surface area contributed by atoms with E-state index in [2.05, 4.69) is 10.6 Å². The van der Waals surface area contributed by atoms with Crippen LogP contribution in [0.3, 0.4) is 0 Å². The quantitative estimate of drug-likeness (QED) is 0.216. The van der Waals surface area contributed by atoms with Crippen LogP contribution in [0.15, 0.2) is 48.5 Å². The van der Waals surface area contributed by atoms with Gasteiger partial charge in [-0.2, -0.15) is 0 Å². The van der Waals surface area contributed by atoms with Crippen LogP contribution in [0.5, 0.6) is 5.75 Å². The summed E-state index contributed by atoms with van der Waals surface area (Å²) in [6, 6.07) is 13.8. The number of hydrogen-bond acceptors (Lipinski definition) is 8. The molecule has 44 heavy (non-hydrogen) atoms. The number of rotatable bonds is 13. The van der Waals surface area contributed by atoms with E-state index in [4.69, 9.17) is 30.5 Å². The zero-order chi connectivity index (χ0) is 33.1. The van der Waals surface area contributed by atoms with Crippen molar-refractivity contribution in [3.05, 3.63) is 64.7 Å². The molecule has 2 N–H and O–H groups in total. The van der Waals surface area contributed by atoms with E-state index in [-0.39, 0.29) is 24.9 Å². The van der Waals surface area contributed by atoms with E-state index in [1.165, 1.54) is 11.9 Å². The standard InChI is InChI=1S/C32H44ClN3O8/c1-21(2)27(42-30(40)36(8)20-19-35-29(39)44-31(3,4)5)41-28(38)32(6,7)43-25-15-9-22(10-16-25)17-18-34-26(37)23-11-13-24(33)14-12-23/h9-16,21,27H,17-20H2,1-8H3,(H,34,37)(H,35,39). The third kappa shape index (κ3) is 12.7. The Kier molecular flexibility index (Phi) is 13.3. The molecule has 0 aliphatic rings. The predicted molar refractivity (Wildman–Crippen MR) is 167 cm³/mol. The molecule has 11 nitrogen and oxygen atoms in total. The fraction of sp³-hybridized carbons (Fsp3) is 0.500. The Labute approximate surface area is 264 Å². The van der Waals surface area contributed by atoms with E-state index in [1.54, 1.807) is 84.9 Å². The maximum atomic E-state index is 13.0. The van der Waals surface area contributed by atoms with Gasteiger partial charge < -0.3 is 34.5 Å². The van der Waals surface area contributed by atoms with Crippen molar-refractivity contribution in [3.8, 4) is 5.75 Å². The molecular formula is C32H44ClN3O8. The average Bonchev–Trinajstić information content (AvgIpc) is 2.92. The fourth-order valence-electron chi connectivity index (χ4n) is 3.55. The molecule has 242 valence electrons. The number of likely N-dealkylation sites (N-methyl/N-ethyl adjacent to an activating group) is 1. The first-order chi connectivity index (χ1) is 20.5. The second kappa shape index (κ2) is 16.2. The van der Waals surface area contributed by atoms with E-state index in [0.717, 1.165) is 5.56 Å². The topological polar surface area (TPSA) is 133 Å².